The predicted octanol–water partition coefficient (Wildman–Crippen LogP) is 3.24. The Labute approximate surface area is 214 Å². The first-order valence-electron chi connectivity index (χ1n) is 11.6. The quantitative estimate of drug-likeness (QED) is 0.224. The van der Waals surface area contributed by atoms with Crippen LogP contribution in [0.15, 0.2) is 54.4 Å². The summed E-state index contributed by atoms with van der Waals surface area (Å²) in [4.78, 5) is 16.5. The summed E-state index contributed by atoms with van der Waals surface area (Å²) in [5.74, 6) is -3.00. The van der Waals surface area contributed by atoms with Crippen molar-refractivity contribution in [1.29, 1.82) is 5.41 Å². The summed E-state index contributed by atoms with van der Waals surface area (Å²) in [6.45, 7) is -0.0452. The number of hydrogen-bond donors (Lipinski definition) is 3. The number of methoxy groups -OCH3 is 1. The van der Waals surface area contributed by atoms with Crippen LogP contribution in [0.3, 0.4) is 0 Å². The lowest BCUT2D eigenvalue weighted by molar-refractivity contribution is -0.0901. The molecular weight excluding hydrogens is 500 g/mol. The number of carbonyl (C=O) groups excluding carboxylic acids is 1. The number of pyridine rings is 1. The number of allylic oxidation sites excluding steroid dienone is 1. The van der Waals surface area contributed by atoms with Gasteiger partial charge >= 0.3 is 0 Å². The average Bonchev–Trinajstić information content (AvgIpc) is 3.31. The Morgan fingerprint density at radius 1 is 1.24 bits per heavy atom. The fourth-order valence-corrected chi connectivity index (χ4v) is 4.07. The second-order valence-electron chi connectivity index (χ2n) is 8.85. The highest BCUT2D eigenvalue weighted by atomic mass is 19.3. The molecule has 1 aliphatic carbocycles. The molecule has 5 rings (SSSR count). The maximum Gasteiger partial charge on any atom is 0.253 e. The fourth-order valence-electron chi connectivity index (χ4n) is 4.07. The molecule has 0 unspecified atom stereocenters. The Balaban J connectivity index is 1.35. The maximum absolute atomic E-state index is 13.0. The molecule has 1 saturated carbocycles. The van der Waals surface area contributed by atoms with Crippen LogP contribution >= 0.6 is 0 Å². The molecule has 0 aliphatic heterocycles. The highest BCUT2D eigenvalue weighted by Gasteiger charge is 2.45. The summed E-state index contributed by atoms with van der Waals surface area (Å²) >= 11 is 0. The Kier molecular flexibility index (Phi) is 6.68. The highest BCUT2D eigenvalue weighted by Crippen LogP contribution is 2.37. The first kappa shape index (κ1) is 25.1. The monoisotopic (exact) mass is 523 g/mol. The normalized spacial score (nSPS) is 15.4. The molecule has 196 valence electrons. The van der Waals surface area contributed by atoms with Crippen molar-refractivity contribution in [2.45, 2.75) is 31.4 Å². The lowest BCUT2D eigenvalue weighted by atomic mass is 9.88. The van der Waals surface area contributed by atoms with Crippen LogP contribution in [0.2, 0.25) is 0 Å². The van der Waals surface area contributed by atoms with Crippen molar-refractivity contribution in [1.82, 2.24) is 30.1 Å². The zero-order valence-electron chi connectivity index (χ0n) is 20.2. The third-order valence-electron chi connectivity index (χ3n) is 5.94. The number of ether oxygens (including phenoxy) is 2. The lowest BCUT2D eigenvalue weighted by Gasteiger charge is -2.35. The van der Waals surface area contributed by atoms with Gasteiger partial charge in [-0.3, -0.25) is 15.2 Å². The topological polar surface area (TPSA) is 148 Å². The van der Waals surface area contributed by atoms with E-state index >= 15 is 0 Å². The number of alkyl halides is 2. The maximum atomic E-state index is 13.0. The summed E-state index contributed by atoms with van der Waals surface area (Å²) in [7, 11) is 1.42. The molecule has 4 aromatic rings. The van der Waals surface area contributed by atoms with Gasteiger partial charge in [0.2, 0.25) is 11.7 Å². The molecule has 1 aromatic carbocycles. The lowest BCUT2D eigenvalue weighted by Crippen LogP contribution is -2.50. The van der Waals surface area contributed by atoms with Crippen molar-refractivity contribution in [2.75, 3.05) is 13.7 Å². The number of fused-ring (bicyclic) bond motifs is 3. The molecule has 1 fully saturated rings. The van der Waals surface area contributed by atoms with E-state index in [0.29, 0.717) is 22.1 Å². The fraction of sp³-hybridized carbons (Fsp3) is 0.280. The number of hydrogen-bond acceptors (Lipinski definition) is 9. The van der Waals surface area contributed by atoms with Crippen molar-refractivity contribution >= 4 is 28.0 Å². The zero-order valence-corrected chi connectivity index (χ0v) is 20.2. The third kappa shape index (κ3) is 5.13. The Morgan fingerprint density at radius 2 is 2.00 bits per heavy atom. The summed E-state index contributed by atoms with van der Waals surface area (Å²) in [5.41, 5.74) is 1.05. The van der Waals surface area contributed by atoms with Crippen LogP contribution in [0.25, 0.3) is 16.4 Å². The number of benzene rings is 1. The van der Waals surface area contributed by atoms with Crippen molar-refractivity contribution in [3.63, 3.8) is 0 Å². The van der Waals surface area contributed by atoms with E-state index in [-0.39, 0.29) is 54.8 Å². The van der Waals surface area contributed by atoms with Gasteiger partial charge in [0.05, 0.1) is 11.3 Å². The molecule has 11 nitrogen and oxygen atoms in total. The molecule has 0 spiro atoms. The first-order valence-corrected chi connectivity index (χ1v) is 11.6. The predicted molar refractivity (Wildman–Crippen MR) is 132 cm³/mol. The average molecular weight is 524 g/mol. The molecule has 1 amide bonds. The number of nitrogens with zero attached hydrogens (tertiary/aromatic N) is 5. The van der Waals surface area contributed by atoms with Crippen molar-refractivity contribution in [2.24, 2.45) is 0 Å². The van der Waals surface area contributed by atoms with Crippen molar-refractivity contribution < 1.29 is 28.2 Å². The number of aromatic nitrogens is 5. The summed E-state index contributed by atoms with van der Waals surface area (Å²) < 4.78 is 38.2. The van der Waals surface area contributed by atoms with Crippen LogP contribution in [0.5, 0.6) is 5.88 Å². The SMILES string of the molecule is COC/C(O)=C/C(=N)c1nnc2c3ccccc3c(OCc3ccc(C(=O)NC4CC(F)(F)C4)cn3)nn12. The second kappa shape index (κ2) is 10.1. The van der Waals surface area contributed by atoms with Gasteiger partial charge in [0, 0.05) is 49.0 Å². The smallest absolute Gasteiger partial charge is 0.253 e. The van der Waals surface area contributed by atoms with E-state index in [1.165, 1.54) is 23.9 Å². The van der Waals surface area contributed by atoms with Gasteiger partial charge in [-0.1, -0.05) is 18.2 Å². The molecule has 0 atom stereocenters. The number of amides is 1. The Morgan fingerprint density at radius 3 is 2.68 bits per heavy atom. The van der Waals surface area contributed by atoms with Gasteiger partial charge in [-0.15, -0.1) is 15.3 Å². The minimum Gasteiger partial charge on any atom is -0.510 e. The van der Waals surface area contributed by atoms with E-state index in [4.69, 9.17) is 14.9 Å². The summed E-state index contributed by atoms with van der Waals surface area (Å²) in [6.07, 6.45) is 1.84. The number of carbonyl (C=O) groups is 1. The molecule has 38 heavy (non-hydrogen) atoms. The minimum absolute atomic E-state index is 0.0166. The van der Waals surface area contributed by atoms with E-state index in [2.05, 4.69) is 25.6 Å². The van der Waals surface area contributed by atoms with Crippen LogP contribution in [-0.4, -0.2) is 67.2 Å². The molecule has 1 aliphatic rings. The minimum atomic E-state index is -2.71. The molecule has 3 heterocycles. The van der Waals surface area contributed by atoms with Gasteiger partial charge in [-0.25, -0.2) is 8.78 Å². The highest BCUT2D eigenvalue weighted by molar-refractivity contribution is 6.05. The second-order valence-corrected chi connectivity index (χ2v) is 8.85. The third-order valence-corrected chi connectivity index (χ3v) is 5.94. The van der Waals surface area contributed by atoms with Gasteiger partial charge in [0.1, 0.15) is 24.7 Å². The summed E-state index contributed by atoms with van der Waals surface area (Å²) in [5, 5.41) is 34.9. The number of nitrogens with one attached hydrogen (secondary N) is 2. The number of aliphatic hydroxyl groups excluding tert-OH is 1. The number of rotatable bonds is 9. The first-order chi connectivity index (χ1) is 18.2. The number of halogens is 2. The van der Waals surface area contributed by atoms with E-state index in [9.17, 15) is 18.7 Å². The van der Waals surface area contributed by atoms with Crippen molar-refractivity contribution in [3.8, 4) is 5.88 Å². The largest absolute Gasteiger partial charge is 0.510 e. The van der Waals surface area contributed by atoms with E-state index < -0.39 is 17.9 Å². The van der Waals surface area contributed by atoms with Gasteiger partial charge in [-0.05, 0) is 18.2 Å². The molecule has 0 bridgehead atoms. The molecule has 0 saturated heterocycles. The van der Waals surface area contributed by atoms with Crippen molar-refractivity contribution in [3.05, 3.63) is 71.5 Å². The number of aliphatic hydroxyl groups is 1. The molecule has 3 aromatic heterocycles. The Bertz CT molecular complexity index is 1540. The molecular formula is C25H23F2N7O4. The van der Waals surface area contributed by atoms with Crippen LogP contribution in [-0.2, 0) is 11.3 Å². The Hall–Kier alpha value is -4.52. The summed E-state index contributed by atoms with van der Waals surface area (Å²) in [6, 6.07) is 9.89. The molecule has 3 N–H and O–H groups in total. The van der Waals surface area contributed by atoms with Crippen LogP contribution in [0.4, 0.5) is 8.78 Å². The van der Waals surface area contributed by atoms with E-state index in [1.807, 2.05) is 24.3 Å². The van der Waals surface area contributed by atoms with Crippen LogP contribution in [0.1, 0.15) is 34.7 Å². The molecule has 0 radical (unpaired) electrons. The van der Waals surface area contributed by atoms with Crippen LogP contribution in [0, 0.1) is 5.41 Å². The zero-order chi connectivity index (χ0) is 26.9. The van der Waals surface area contributed by atoms with Gasteiger partial charge in [-0.2, -0.15) is 4.52 Å². The van der Waals surface area contributed by atoms with E-state index in [0.717, 1.165) is 0 Å². The molecule has 13 heteroatoms. The van der Waals surface area contributed by atoms with Gasteiger partial charge < -0.3 is 19.9 Å². The van der Waals surface area contributed by atoms with Crippen LogP contribution < -0.4 is 10.1 Å². The van der Waals surface area contributed by atoms with Gasteiger partial charge in [0.15, 0.2) is 5.65 Å². The standard InChI is InChI=1S/C25H23F2N7O4/c1-37-13-17(35)8-20(28)22-32-31-21-18-4-2-3-5-19(18)24(33-34(21)22)38-12-15-7-6-14(11-29-15)23(36)30-16-9-25(26,27)10-16/h2-8,11,16,28,35H,9-10,12-13H2,1H3,(H,30,36)/b17-8-,28-20?. The van der Waals surface area contributed by atoms with E-state index in [1.54, 1.807) is 12.1 Å². The van der Waals surface area contributed by atoms with Gasteiger partial charge in [0.25, 0.3) is 11.8 Å².